The molecule has 0 unspecified atom stereocenters. The molecule has 0 saturated heterocycles. The molecule has 1 heterocycles. The van der Waals surface area contributed by atoms with Gasteiger partial charge in [-0.25, -0.2) is 0 Å². The Labute approximate surface area is 103 Å². The van der Waals surface area contributed by atoms with E-state index in [1.807, 2.05) is 12.1 Å². The molecule has 4 nitrogen and oxygen atoms in total. The van der Waals surface area contributed by atoms with Gasteiger partial charge in [-0.3, -0.25) is 9.78 Å². The third-order valence-electron chi connectivity index (χ3n) is 2.44. The van der Waals surface area contributed by atoms with Crippen molar-refractivity contribution < 1.29 is 4.79 Å². The summed E-state index contributed by atoms with van der Waals surface area (Å²) in [6, 6.07) is 3.88. The van der Waals surface area contributed by atoms with E-state index in [-0.39, 0.29) is 5.91 Å². The van der Waals surface area contributed by atoms with Gasteiger partial charge in [-0.2, -0.15) is 0 Å². The van der Waals surface area contributed by atoms with Crippen molar-refractivity contribution in [1.82, 2.24) is 15.6 Å². The Kier molecular flexibility index (Phi) is 6.98. The summed E-state index contributed by atoms with van der Waals surface area (Å²) in [6.07, 6.45) is 5.94. The first kappa shape index (κ1) is 13.6. The number of hydrogen-bond acceptors (Lipinski definition) is 3. The second-order valence-corrected chi connectivity index (χ2v) is 3.96. The maximum Gasteiger partial charge on any atom is 0.220 e. The van der Waals surface area contributed by atoms with Gasteiger partial charge in [0.15, 0.2) is 0 Å². The van der Waals surface area contributed by atoms with Crippen LogP contribution in [0.2, 0.25) is 0 Å². The number of nitrogens with one attached hydrogen (secondary N) is 2. The third-order valence-corrected chi connectivity index (χ3v) is 2.44. The van der Waals surface area contributed by atoms with Gasteiger partial charge in [0.1, 0.15) is 0 Å². The van der Waals surface area contributed by atoms with Gasteiger partial charge in [0, 0.05) is 31.9 Å². The van der Waals surface area contributed by atoms with Crippen molar-refractivity contribution in [3.63, 3.8) is 0 Å². The maximum atomic E-state index is 11.5. The molecule has 1 aromatic heterocycles. The van der Waals surface area contributed by atoms with E-state index in [1.54, 1.807) is 12.4 Å². The van der Waals surface area contributed by atoms with Gasteiger partial charge in [-0.15, -0.1) is 0 Å². The molecule has 0 aliphatic carbocycles. The van der Waals surface area contributed by atoms with Crippen molar-refractivity contribution in [3.8, 4) is 0 Å². The number of aryl methyl sites for hydroxylation is 1. The lowest BCUT2D eigenvalue weighted by molar-refractivity contribution is -0.121. The Morgan fingerprint density at radius 1 is 1.24 bits per heavy atom. The lowest BCUT2D eigenvalue weighted by Gasteiger charge is -2.06. The number of carbonyl (C=O) groups excluding carboxylic acids is 1. The number of amides is 1. The fourth-order valence-electron chi connectivity index (χ4n) is 1.49. The Balaban J connectivity index is 2.05. The largest absolute Gasteiger partial charge is 0.355 e. The quantitative estimate of drug-likeness (QED) is 0.664. The molecule has 0 aromatic carbocycles. The monoisotopic (exact) mass is 235 g/mol. The SMILES string of the molecule is CCCNCCNC(=O)CCc1ccncc1. The number of pyridine rings is 1. The zero-order valence-corrected chi connectivity index (χ0v) is 10.4. The van der Waals surface area contributed by atoms with Crippen molar-refractivity contribution in [3.05, 3.63) is 30.1 Å². The topological polar surface area (TPSA) is 54.0 Å². The first-order valence-corrected chi connectivity index (χ1v) is 6.19. The van der Waals surface area contributed by atoms with Crippen LogP contribution in [0.4, 0.5) is 0 Å². The van der Waals surface area contributed by atoms with Crippen molar-refractivity contribution in [2.75, 3.05) is 19.6 Å². The molecule has 0 spiro atoms. The lowest BCUT2D eigenvalue weighted by atomic mass is 10.1. The molecule has 4 heteroatoms. The minimum absolute atomic E-state index is 0.111. The Morgan fingerprint density at radius 3 is 2.71 bits per heavy atom. The van der Waals surface area contributed by atoms with E-state index in [0.717, 1.165) is 31.5 Å². The van der Waals surface area contributed by atoms with E-state index in [9.17, 15) is 4.79 Å². The minimum atomic E-state index is 0.111. The molecule has 1 amide bonds. The number of hydrogen-bond donors (Lipinski definition) is 2. The standard InChI is InChI=1S/C13H21N3O/c1-2-7-14-10-11-16-13(17)4-3-12-5-8-15-9-6-12/h5-6,8-9,14H,2-4,7,10-11H2,1H3,(H,16,17). The van der Waals surface area contributed by atoms with Crippen LogP contribution in [0.15, 0.2) is 24.5 Å². The van der Waals surface area contributed by atoms with Crippen LogP contribution >= 0.6 is 0 Å². The zero-order chi connectivity index (χ0) is 12.3. The second kappa shape index (κ2) is 8.70. The molecular weight excluding hydrogens is 214 g/mol. The molecular formula is C13H21N3O. The van der Waals surface area contributed by atoms with Gasteiger partial charge >= 0.3 is 0 Å². The molecule has 94 valence electrons. The van der Waals surface area contributed by atoms with Crippen LogP contribution in [0.3, 0.4) is 0 Å². The molecule has 1 aromatic rings. The van der Waals surface area contributed by atoms with Crippen LogP contribution in [-0.4, -0.2) is 30.5 Å². The summed E-state index contributed by atoms with van der Waals surface area (Å²) in [4.78, 5) is 15.4. The average Bonchev–Trinajstić information content (AvgIpc) is 2.37. The van der Waals surface area contributed by atoms with Crippen LogP contribution in [0.5, 0.6) is 0 Å². The van der Waals surface area contributed by atoms with Crippen LogP contribution in [-0.2, 0) is 11.2 Å². The predicted octanol–water partition coefficient (Wildman–Crippen LogP) is 1.13. The number of nitrogens with zero attached hydrogens (tertiary/aromatic N) is 1. The smallest absolute Gasteiger partial charge is 0.220 e. The highest BCUT2D eigenvalue weighted by molar-refractivity contribution is 5.76. The molecule has 2 N–H and O–H groups in total. The van der Waals surface area contributed by atoms with Gasteiger partial charge in [0.25, 0.3) is 0 Å². The first-order valence-electron chi connectivity index (χ1n) is 6.19. The first-order chi connectivity index (χ1) is 8.33. The van der Waals surface area contributed by atoms with Crippen LogP contribution in [0.1, 0.15) is 25.3 Å². The Bertz CT molecular complexity index is 314. The van der Waals surface area contributed by atoms with Gasteiger partial charge in [-0.05, 0) is 37.1 Å². The van der Waals surface area contributed by atoms with E-state index < -0.39 is 0 Å². The van der Waals surface area contributed by atoms with Gasteiger partial charge in [-0.1, -0.05) is 6.92 Å². The summed E-state index contributed by atoms with van der Waals surface area (Å²) in [5.74, 6) is 0.111. The van der Waals surface area contributed by atoms with E-state index >= 15 is 0 Å². The van der Waals surface area contributed by atoms with E-state index in [1.165, 1.54) is 0 Å². The van der Waals surface area contributed by atoms with Crippen molar-refractivity contribution in [2.45, 2.75) is 26.2 Å². The van der Waals surface area contributed by atoms with E-state index in [0.29, 0.717) is 13.0 Å². The van der Waals surface area contributed by atoms with Crippen molar-refractivity contribution in [2.24, 2.45) is 0 Å². The highest BCUT2D eigenvalue weighted by atomic mass is 16.1. The third kappa shape index (κ3) is 6.68. The maximum absolute atomic E-state index is 11.5. The summed E-state index contributed by atoms with van der Waals surface area (Å²) in [5.41, 5.74) is 1.15. The lowest BCUT2D eigenvalue weighted by Crippen LogP contribution is -2.32. The number of carbonyl (C=O) groups is 1. The summed E-state index contributed by atoms with van der Waals surface area (Å²) in [5, 5.41) is 6.14. The van der Waals surface area contributed by atoms with Crippen LogP contribution in [0, 0.1) is 0 Å². The molecule has 0 bridgehead atoms. The summed E-state index contributed by atoms with van der Waals surface area (Å²) < 4.78 is 0. The van der Waals surface area contributed by atoms with Crippen LogP contribution < -0.4 is 10.6 Å². The van der Waals surface area contributed by atoms with Gasteiger partial charge in [0.05, 0.1) is 0 Å². The van der Waals surface area contributed by atoms with Crippen molar-refractivity contribution >= 4 is 5.91 Å². The summed E-state index contributed by atoms with van der Waals surface area (Å²) in [6.45, 7) is 4.68. The molecule has 0 aliphatic heterocycles. The highest BCUT2D eigenvalue weighted by Gasteiger charge is 2.00. The Morgan fingerprint density at radius 2 is 2.00 bits per heavy atom. The molecule has 0 atom stereocenters. The highest BCUT2D eigenvalue weighted by Crippen LogP contribution is 2.00. The predicted molar refractivity (Wildman–Crippen MR) is 68.7 cm³/mol. The Hall–Kier alpha value is -1.42. The normalized spacial score (nSPS) is 10.2. The molecule has 0 saturated carbocycles. The van der Waals surface area contributed by atoms with Crippen LogP contribution in [0.25, 0.3) is 0 Å². The van der Waals surface area contributed by atoms with Gasteiger partial charge < -0.3 is 10.6 Å². The molecule has 17 heavy (non-hydrogen) atoms. The van der Waals surface area contributed by atoms with E-state index in [4.69, 9.17) is 0 Å². The van der Waals surface area contributed by atoms with Gasteiger partial charge in [0.2, 0.25) is 5.91 Å². The molecule has 0 fully saturated rings. The fraction of sp³-hybridized carbons (Fsp3) is 0.538. The number of aromatic nitrogens is 1. The second-order valence-electron chi connectivity index (χ2n) is 3.96. The summed E-state index contributed by atoms with van der Waals surface area (Å²) in [7, 11) is 0. The molecule has 0 radical (unpaired) electrons. The molecule has 0 aliphatic rings. The molecule has 1 rings (SSSR count). The van der Waals surface area contributed by atoms with Crippen molar-refractivity contribution in [1.29, 1.82) is 0 Å². The van der Waals surface area contributed by atoms with E-state index in [2.05, 4.69) is 22.5 Å². The average molecular weight is 235 g/mol. The number of rotatable bonds is 8. The zero-order valence-electron chi connectivity index (χ0n) is 10.4. The summed E-state index contributed by atoms with van der Waals surface area (Å²) >= 11 is 0. The minimum Gasteiger partial charge on any atom is -0.355 e. The fourth-order valence-corrected chi connectivity index (χ4v) is 1.49.